The molecule has 0 saturated carbocycles. The van der Waals surface area contributed by atoms with Crippen LogP contribution in [-0.2, 0) is 4.79 Å². The standard InChI is InChI=1S/C23H22N4O3/c28-21-15-26(23(30)27(21)17-6-2-1-3-7-17)16-10-12-25(13-11-16)22(29)19-14-24-20-9-5-4-8-18(19)20/h1-9,14,16,24H,10-13,15H2. The number of fused-ring (bicyclic) bond motifs is 1. The average molecular weight is 402 g/mol. The number of hydrogen-bond donors (Lipinski definition) is 1. The average Bonchev–Trinajstić information content (AvgIpc) is 3.34. The number of imide groups is 1. The van der Waals surface area contributed by atoms with Crippen LogP contribution in [0.1, 0.15) is 23.2 Å². The zero-order chi connectivity index (χ0) is 20.7. The van der Waals surface area contributed by atoms with Crippen molar-refractivity contribution in [3.63, 3.8) is 0 Å². The quantitative estimate of drug-likeness (QED) is 0.684. The number of H-pyrrole nitrogens is 1. The first kappa shape index (κ1) is 18.4. The number of para-hydroxylation sites is 2. The van der Waals surface area contributed by atoms with E-state index in [1.54, 1.807) is 23.2 Å². The number of aromatic nitrogens is 1. The fourth-order valence-electron chi connectivity index (χ4n) is 4.44. The molecule has 0 radical (unpaired) electrons. The van der Waals surface area contributed by atoms with Crippen molar-refractivity contribution in [1.82, 2.24) is 14.8 Å². The molecule has 0 unspecified atom stereocenters. The summed E-state index contributed by atoms with van der Waals surface area (Å²) >= 11 is 0. The van der Waals surface area contributed by atoms with Crippen LogP contribution >= 0.6 is 0 Å². The largest absolute Gasteiger partial charge is 0.360 e. The lowest BCUT2D eigenvalue weighted by molar-refractivity contribution is -0.116. The highest BCUT2D eigenvalue weighted by Gasteiger charge is 2.41. The molecule has 0 bridgehead atoms. The second-order valence-corrected chi connectivity index (χ2v) is 7.75. The molecule has 2 aliphatic heterocycles. The second kappa shape index (κ2) is 7.33. The molecule has 2 aromatic carbocycles. The summed E-state index contributed by atoms with van der Waals surface area (Å²) in [4.78, 5) is 46.3. The second-order valence-electron chi connectivity index (χ2n) is 7.75. The lowest BCUT2D eigenvalue weighted by Gasteiger charge is -2.36. The summed E-state index contributed by atoms with van der Waals surface area (Å²) in [6, 6.07) is 16.5. The zero-order valence-electron chi connectivity index (χ0n) is 16.5. The number of rotatable bonds is 3. The number of amides is 4. The van der Waals surface area contributed by atoms with Gasteiger partial charge in [-0.3, -0.25) is 9.59 Å². The van der Waals surface area contributed by atoms with E-state index in [0.29, 0.717) is 37.2 Å². The van der Waals surface area contributed by atoms with Gasteiger partial charge in [0.25, 0.3) is 11.8 Å². The third-order valence-corrected chi connectivity index (χ3v) is 6.02. The number of nitrogens with zero attached hydrogens (tertiary/aromatic N) is 3. The summed E-state index contributed by atoms with van der Waals surface area (Å²) < 4.78 is 0. The highest BCUT2D eigenvalue weighted by Crippen LogP contribution is 2.27. The van der Waals surface area contributed by atoms with Crippen LogP contribution in [0.3, 0.4) is 0 Å². The first-order valence-corrected chi connectivity index (χ1v) is 10.2. The van der Waals surface area contributed by atoms with Crippen molar-refractivity contribution in [2.75, 3.05) is 24.5 Å². The molecular weight excluding hydrogens is 380 g/mol. The SMILES string of the molecule is O=C(c1c[nH]c2ccccc12)N1CCC(N2CC(=O)N(c3ccccc3)C2=O)CC1. The van der Waals surface area contributed by atoms with E-state index < -0.39 is 0 Å². The maximum Gasteiger partial charge on any atom is 0.332 e. The smallest absolute Gasteiger partial charge is 0.332 e. The third kappa shape index (κ3) is 3.03. The summed E-state index contributed by atoms with van der Waals surface area (Å²) in [6.45, 7) is 1.22. The fourth-order valence-corrected chi connectivity index (χ4v) is 4.44. The van der Waals surface area contributed by atoms with Crippen LogP contribution in [0, 0.1) is 0 Å². The number of nitrogens with one attached hydrogen (secondary N) is 1. The molecule has 1 N–H and O–H groups in total. The van der Waals surface area contributed by atoms with Crippen molar-refractivity contribution < 1.29 is 14.4 Å². The molecule has 2 aliphatic rings. The van der Waals surface area contributed by atoms with Crippen LogP contribution in [0.15, 0.2) is 60.8 Å². The highest BCUT2D eigenvalue weighted by atomic mass is 16.2. The molecule has 4 amide bonds. The summed E-state index contributed by atoms with van der Waals surface area (Å²) in [7, 11) is 0. The number of urea groups is 1. The van der Waals surface area contributed by atoms with Gasteiger partial charge in [-0.2, -0.15) is 0 Å². The van der Waals surface area contributed by atoms with E-state index in [2.05, 4.69) is 4.98 Å². The molecule has 7 heteroatoms. The molecule has 7 nitrogen and oxygen atoms in total. The summed E-state index contributed by atoms with van der Waals surface area (Å²) in [6.07, 6.45) is 3.09. The van der Waals surface area contributed by atoms with E-state index in [4.69, 9.17) is 0 Å². The predicted molar refractivity (Wildman–Crippen MR) is 113 cm³/mol. The summed E-state index contributed by atoms with van der Waals surface area (Å²) in [5.74, 6) is -0.205. The Morgan fingerprint density at radius 2 is 1.63 bits per heavy atom. The minimum absolute atomic E-state index is 0.000590. The fraction of sp³-hybridized carbons (Fsp3) is 0.261. The van der Waals surface area contributed by atoms with E-state index in [0.717, 1.165) is 10.9 Å². The van der Waals surface area contributed by atoms with Crippen molar-refractivity contribution in [2.24, 2.45) is 0 Å². The first-order chi connectivity index (χ1) is 14.6. The van der Waals surface area contributed by atoms with Crippen molar-refractivity contribution in [1.29, 1.82) is 0 Å². The number of carbonyl (C=O) groups excluding carboxylic acids is 3. The summed E-state index contributed by atoms with van der Waals surface area (Å²) in [5.41, 5.74) is 2.21. The van der Waals surface area contributed by atoms with Gasteiger partial charge in [-0.25, -0.2) is 9.69 Å². The minimum atomic E-state index is -0.271. The number of anilines is 1. The molecule has 2 fully saturated rings. The molecule has 0 atom stereocenters. The maximum absolute atomic E-state index is 13.0. The molecule has 0 aliphatic carbocycles. The Hall–Kier alpha value is -3.61. The van der Waals surface area contributed by atoms with Gasteiger partial charge in [0, 0.05) is 36.2 Å². The monoisotopic (exact) mass is 402 g/mol. The molecule has 5 rings (SSSR count). The Balaban J connectivity index is 1.27. The molecule has 0 spiro atoms. The van der Waals surface area contributed by atoms with Gasteiger partial charge in [-0.05, 0) is 31.0 Å². The normalized spacial score (nSPS) is 17.9. The Morgan fingerprint density at radius 1 is 0.933 bits per heavy atom. The van der Waals surface area contributed by atoms with Gasteiger partial charge >= 0.3 is 6.03 Å². The molecular formula is C23H22N4O3. The minimum Gasteiger partial charge on any atom is -0.360 e. The van der Waals surface area contributed by atoms with Crippen molar-refractivity contribution in [2.45, 2.75) is 18.9 Å². The van der Waals surface area contributed by atoms with Crippen LogP contribution in [-0.4, -0.2) is 58.3 Å². The lowest BCUT2D eigenvalue weighted by Crippen LogP contribution is -2.48. The third-order valence-electron chi connectivity index (χ3n) is 6.02. The topological polar surface area (TPSA) is 76.7 Å². The van der Waals surface area contributed by atoms with Crippen LogP contribution in [0.25, 0.3) is 10.9 Å². The highest BCUT2D eigenvalue weighted by molar-refractivity contribution is 6.19. The number of piperidine rings is 1. The van der Waals surface area contributed by atoms with Crippen molar-refractivity contribution in [3.05, 3.63) is 66.4 Å². The molecule has 152 valence electrons. The van der Waals surface area contributed by atoms with Gasteiger partial charge in [0.05, 0.1) is 11.3 Å². The lowest BCUT2D eigenvalue weighted by atomic mass is 10.0. The van der Waals surface area contributed by atoms with E-state index in [1.807, 2.05) is 47.4 Å². The van der Waals surface area contributed by atoms with Gasteiger partial charge in [-0.15, -0.1) is 0 Å². The number of hydrogen-bond acceptors (Lipinski definition) is 3. The van der Waals surface area contributed by atoms with Crippen LogP contribution < -0.4 is 4.90 Å². The maximum atomic E-state index is 13.0. The van der Waals surface area contributed by atoms with Gasteiger partial charge < -0.3 is 14.8 Å². The van der Waals surface area contributed by atoms with E-state index >= 15 is 0 Å². The van der Waals surface area contributed by atoms with Crippen LogP contribution in [0.4, 0.5) is 10.5 Å². The molecule has 30 heavy (non-hydrogen) atoms. The number of aromatic amines is 1. The van der Waals surface area contributed by atoms with Crippen molar-refractivity contribution in [3.8, 4) is 0 Å². The van der Waals surface area contributed by atoms with Gasteiger partial charge in [-0.1, -0.05) is 36.4 Å². The Bertz CT molecular complexity index is 1120. The predicted octanol–water partition coefficient (Wildman–Crippen LogP) is 3.24. The molecule has 1 aromatic heterocycles. The van der Waals surface area contributed by atoms with Crippen molar-refractivity contribution >= 4 is 34.4 Å². The summed E-state index contributed by atoms with van der Waals surface area (Å²) in [5, 5.41) is 0.920. The van der Waals surface area contributed by atoms with E-state index in [1.165, 1.54) is 4.90 Å². The Kier molecular flexibility index (Phi) is 4.50. The van der Waals surface area contributed by atoms with Gasteiger partial charge in [0.1, 0.15) is 6.54 Å². The molecule has 3 heterocycles. The number of carbonyl (C=O) groups is 3. The van der Waals surface area contributed by atoms with E-state index in [9.17, 15) is 14.4 Å². The Morgan fingerprint density at radius 3 is 2.40 bits per heavy atom. The molecule has 3 aromatic rings. The van der Waals surface area contributed by atoms with E-state index in [-0.39, 0.29) is 30.4 Å². The Labute approximate surface area is 173 Å². The van der Waals surface area contributed by atoms with Gasteiger partial charge in [0.15, 0.2) is 0 Å². The van der Waals surface area contributed by atoms with Gasteiger partial charge in [0.2, 0.25) is 0 Å². The number of likely N-dealkylation sites (tertiary alicyclic amines) is 1. The number of benzene rings is 2. The molecule has 2 saturated heterocycles. The van der Waals surface area contributed by atoms with Crippen LogP contribution in [0.5, 0.6) is 0 Å². The van der Waals surface area contributed by atoms with Crippen LogP contribution in [0.2, 0.25) is 0 Å². The first-order valence-electron chi connectivity index (χ1n) is 10.2. The zero-order valence-corrected chi connectivity index (χ0v) is 16.5.